The molecule has 0 amide bonds. The number of halogens is 2. The molecule has 32 heavy (non-hydrogen) atoms. The minimum absolute atomic E-state index is 0.0251. The van der Waals surface area contributed by atoms with Crippen molar-refractivity contribution in [3.05, 3.63) is 111 Å². The lowest BCUT2D eigenvalue weighted by molar-refractivity contribution is 0.300. The second-order valence-electron chi connectivity index (χ2n) is 6.77. The smallest absolute Gasteiger partial charge is 0.252 e. The number of nitrogens with zero attached hydrogens (tertiary/aromatic N) is 2. The second-order valence-corrected chi connectivity index (χ2v) is 7.18. The quantitative estimate of drug-likeness (QED) is 0.299. The van der Waals surface area contributed by atoms with E-state index in [0.717, 1.165) is 11.1 Å². The minimum Gasteiger partial charge on any atom is -0.489 e. The second kappa shape index (κ2) is 9.89. The fraction of sp³-hybridized carbons (Fsp3) is 0.0417. The van der Waals surface area contributed by atoms with E-state index in [0.29, 0.717) is 22.0 Å². The van der Waals surface area contributed by atoms with E-state index in [1.54, 1.807) is 42.6 Å². The van der Waals surface area contributed by atoms with Gasteiger partial charge in [-0.15, -0.1) is 0 Å². The maximum absolute atomic E-state index is 13.8. The largest absolute Gasteiger partial charge is 0.489 e. The van der Waals surface area contributed by atoms with E-state index in [1.807, 2.05) is 30.3 Å². The van der Waals surface area contributed by atoms with E-state index in [2.05, 4.69) is 20.5 Å². The molecular weight excluding hydrogens is 431 g/mol. The number of anilines is 1. The summed E-state index contributed by atoms with van der Waals surface area (Å²) in [6.07, 6.45) is 1.58. The molecule has 160 valence electrons. The van der Waals surface area contributed by atoms with Crippen LogP contribution in [0.1, 0.15) is 11.1 Å². The van der Waals surface area contributed by atoms with Gasteiger partial charge in [-0.2, -0.15) is 5.10 Å². The molecule has 4 rings (SSSR count). The van der Waals surface area contributed by atoms with Gasteiger partial charge in [0.05, 0.1) is 16.9 Å². The Kier molecular flexibility index (Phi) is 6.57. The highest BCUT2D eigenvalue weighted by atomic mass is 35.5. The molecule has 1 aromatic heterocycles. The van der Waals surface area contributed by atoms with Crippen molar-refractivity contribution in [3.8, 4) is 17.0 Å². The van der Waals surface area contributed by atoms with Crippen LogP contribution in [0.3, 0.4) is 0 Å². The average Bonchev–Trinajstić information content (AvgIpc) is 2.80. The third kappa shape index (κ3) is 5.39. The van der Waals surface area contributed by atoms with Crippen molar-refractivity contribution in [1.82, 2.24) is 9.97 Å². The molecule has 0 radical (unpaired) electrons. The summed E-state index contributed by atoms with van der Waals surface area (Å²) >= 11 is 6.01. The summed E-state index contributed by atoms with van der Waals surface area (Å²) in [5.74, 6) is 0.389. The minimum atomic E-state index is -0.407. The maximum Gasteiger partial charge on any atom is 0.252 e. The van der Waals surface area contributed by atoms with E-state index in [9.17, 15) is 9.18 Å². The first kappa shape index (κ1) is 21.3. The SMILES string of the molecule is O=c1cc(-c2ccccc2)nc(N/N=C/c2ccc(OCc3c(F)cccc3Cl)cc2)[nH]1. The summed E-state index contributed by atoms with van der Waals surface area (Å²) in [7, 11) is 0. The zero-order chi connectivity index (χ0) is 22.3. The monoisotopic (exact) mass is 448 g/mol. The Morgan fingerprint density at radius 2 is 1.84 bits per heavy atom. The van der Waals surface area contributed by atoms with E-state index < -0.39 is 5.82 Å². The van der Waals surface area contributed by atoms with Gasteiger partial charge in [0.1, 0.15) is 18.2 Å². The Bertz CT molecular complexity index is 1270. The van der Waals surface area contributed by atoms with Crippen LogP contribution in [-0.4, -0.2) is 16.2 Å². The summed E-state index contributed by atoms with van der Waals surface area (Å²) in [4.78, 5) is 18.9. The lowest BCUT2D eigenvalue weighted by atomic mass is 10.1. The molecule has 0 aliphatic rings. The molecule has 3 aromatic carbocycles. The van der Waals surface area contributed by atoms with Crippen LogP contribution in [0.25, 0.3) is 11.3 Å². The number of aromatic nitrogens is 2. The van der Waals surface area contributed by atoms with Gasteiger partial charge in [0, 0.05) is 17.2 Å². The highest BCUT2D eigenvalue weighted by Gasteiger charge is 2.07. The Labute approximate surface area is 188 Å². The lowest BCUT2D eigenvalue weighted by Crippen LogP contribution is -2.10. The van der Waals surface area contributed by atoms with E-state index in [4.69, 9.17) is 16.3 Å². The third-order valence-corrected chi connectivity index (χ3v) is 4.87. The molecule has 0 saturated carbocycles. The van der Waals surface area contributed by atoms with Crippen LogP contribution in [0.4, 0.5) is 10.3 Å². The van der Waals surface area contributed by atoms with Gasteiger partial charge in [0.15, 0.2) is 0 Å². The number of hydrazone groups is 1. The molecule has 8 heteroatoms. The van der Waals surface area contributed by atoms with E-state index in [-0.39, 0.29) is 18.1 Å². The molecule has 4 aromatic rings. The van der Waals surface area contributed by atoms with Crippen LogP contribution in [0.2, 0.25) is 5.02 Å². The van der Waals surface area contributed by atoms with Gasteiger partial charge in [0.2, 0.25) is 5.95 Å². The summed E-state index contributed by atoms with van der Waals surface area (Å²) in [6.45, 7) is 0.0251. The molecule has 0 aliphatic heterocycles. The first-order valence-electron chi connectivity index (χ1n) is 9.70. The molecular formula is C24H18ClFN4O2. The number of nitrogens with one attached hydrogen (secondary N) is 2. The fourth-order valence-electron chi connectivity index (χ4n) is 2.91. The Hall–Kier alpha value is -3.97. The summed E-state index contributed by atoms with van der Waals surface area (Å²) in [5, 5.41) is 4.44. The standard InChI is InChI=1S/C24H18ClFN4O2/c25-20-7-4-8-21(26)19(20)15-32-18-11-9-16(10-12-18)14-27-30-24-28-22(13-23(31)29-24)17-5-2-1-3-6-17/h1-14H,15H2,(H2,28,29,30,31)/b27-14+. The molecule has 0 saturated heterocycles. The van der Waals surface area contributed by atoms with E-state index in [1.165, 1.54) is 12.1 Å². The van der Waals surface area contributed by atoms with Crippen molar-refractivity contribution in [2.75, 3.05) is 5.43 Å². The first-order chi connectivity index (χ1) is 15.6. The van der Waals surface area contributed by atoms with Crippen molar-refractivity contribution in [3.63, 3.8) is 0 Å². The van der Waals surface area contributed by atoms with Gasteiger partial charge >= 0.3 is 0 Å². The topological polar surface area (TPSA) is 79.4 Å². The van der Waals surface area contributed by atoms with Crippen molar-refractivity contribution < 1.29 is 9.13 Å². The summed E-state index contributed by atoms with van der Waals surface area (Å²) < 4.78 is 19.4. The van der Waals surface area contributed by atoms with Crippen LogP contribution in [0.15, 0.2) is 88.8 Å². The number of aromatic amines is 1. The van der Waals surface area contributed by atoms with Crippen LogP contribution >= 0.6 is 11.6 Å². The first-order valence-corrected chi connectivity index (χ1v) is 10.1. The van der Waals surface area contributed by atoms with Crippen molar-refractivity contribution >= 4 is 23.8 Å². The Balaban J connectivity index is 1.38. The van der Waals surface area contributed by atoms with Gasteiger partial charge in [-0.3, -0.25) is 9.78 Å². The zero-order valence-electron chi connectivity index (χ0n) is 16.8. The van der Waals surface area contributed by atoms with Gasteiger partial charge in [0.25, 0.3) is 5.56 Å². The van der Waals surface area contributed by atoms with Crippen LogP contribution in [0, 0.1) is 5.82 Å². The Morgan fingerprint density at radius 1 is 1.06 bits per heavy atom. The maximum atomic E-state index is 13.8. The number of H-pyrrole nitrogens is 1. The zero-order valence-corrected chi connectivity index (χ0v) is 17.5. The molecule has 0 atom stereocenters. The van der Waals surface area contributed by atoms with Crippen molar-refractivity contribution in [2.45, 2.75) is 6.61 Å². The third-order valence-electron chi connectivity index (χ3n) is 4.52. The molecule has 0 bridgehead atoms. The number of rotatable bonds is 7. The van der Waals surface area contributed by atoms with Crippen molar-refractivity contribution in [1.29, 1.82) is 0 Å². The highest BCUT2D eigenvalue weighted by molar-refractivity contribution is 6.31. The van der Waals surface area contributed by atoms with Gasteiger partial charge in [-0.05, 0) is 42.0 Å². The predicted molar refractivity (Wildman–Crippen MR) is 124 cm³/mol. The molecule has 1 heterocycles. The highest BCUT2D eigenvalue weighted by Crippen LogP contribution is 2.21. The van der Waals surface area contributed by atoms with Crippen LogP contribution in [-0.2, 0) is 6.61 Å². The molecule has 2 N–H and O–H groups in total. The van der Waals surface area contributed by atoms with Gasteiger partial charge in [-0.25, -0.2) is 14.8 Å². The number of hydrogen-bond donors (Lipinski definition) is 2. The Morgan fingerprint density at radius 3 is 2.59 bits per heavy atom. The predicted octanol–water partition coefficient (Wildman–Crippen LogP) is 5.25. The molecule has 6 nitrogen and oxygen atoms in total. The number of hydrogen-bond acceptors (Lipinski definition) is 5. The molecule has 0 aliphatic carbocycles. The summed E-state index contributed by atoms with van der Waals surface area (Å²) in [5.41, 5.74) is 4.92. The number of benzene rings is 3. The molecule has 0 spiro atoms. The van der Waals surface area contributed by atoms with Gasteiger partial charge in [-0.1, -0.05) is 48.0 Å². The average molecular weight is 449 g/mol. The normalized spacial score (nSPS) is 10.9. The van der Waals surface area contributed by atoms with Crippen molar-refractivity contribution in [2.24, 2.45) is 5.10 Å². The van der Waals surface area contributed by atoms with Gasteiger partial charge < -0.3 is 4.74 Å². The van der Waals surface area contributed by atoms with Crippen LogP contribution < -0.4 is 15.7 Å². The fourth-order valence-corrected chi connectivity index (χ4v) is 3.13. The molecule has 0 fully saturated rings. The van der Waals surface area contributed by atoms with E-state index >= 15 is 0 Å². The molecule has 0 unspecified atom stereocenters. The lowest BCUT2D eigenvalue weighted by Gasteiger charge is -2.09. The van der Waals surface area contributed by atoms with Crippen LogP contribution in [0.5, 0.6) is 5.75 Å². The number of ether oxygens (including phenoxy) is 1. The summed E-state index contributed by atoms with van der Waals surface area (Å²) in [6, 6.07) is 22.4.